The number of hydrogen-bond acceptors (Lipinski definition) is 0. The van der Waals surface area contributed by atoms with Crippen LogP contribution in [-0.4, -0.2) is 4.83 Å². The van der Waals surface area contributed by atoms with Crippen LogP contribution in [0.2, 0.25) is 0 Å². The summed E-state index contributed by atoms with van der Waals surface area (Å²) in [5.41, 5.74) is 0.890. The number of rotatable bonds is 0. The Morgan fingerprint density at radius 3 is 2.15 bits per heavy atom. The number of hydrogen-bond donors (Lipinski definition) is 0. The van der Waals surface area contributed by atoms with Crippen LogP contribution in [0.15, 0.2) is 0 Å². The quantitative estimate of drug-likeness (QED) is 0.568. The zero-order valence-electron chi connectivity index (χ0n) is 8.01. The van der Waals surface area contributed by atoms with Gasteiger partial charge in [-0.1, -0.05) is 15.9 Å². The summed E-state index contributed by atoms with van der Waals surface area (Å²) in [7, 11) is 0. The molecule has 0 radical (unpaired) electrons. The Balaban J connectivity index is 1.78. The smallest absolute Gasteiger partial charge is 0.0202 e. The third kappa shape index (κ3) is 0.760. The Labute approximate surface area is 88.6 Å². The van der Waals surface area contributed by atoms with Gasteiger partial charge in [0.2, 0.25) is 0 Å². The molecule has 5 saturated carbocycles. The number of alkyl halides is 1. The van der Waals surface area contributed by atoms with Crippen LogP contribution in [0, 0.1) is 29.1 Å². The normalized spacial score (nSPS) is 67.6. The Kier molecular flexibility index (Phi) is 1.30. The molecule has 1 heteroatoms. The highest BCUT2D eigenvalue weighted by Gasteiger charge is 2.63. The van der Waals surface area contributed by atoms with E-state index < -0.39 is 0 Å². The Morgan fingerprint density at radius 2 is 1.69 bits per heavy atom. The van der Waals surface area contributed by atoms with Gasteiger partial charge in [-0.2, -0.15) is 0 Å². The summed E-state index contributed by atoms with van der Waals surface area (Å²) < 4.78 is 0. The van der Waals surface area contributed by atoms with Crippen molar-refractivity contribution in [2.24, 2.45) is 29.1 Å². The average Bonchev–Trinajstić information content (AvgIpc) is 2.03. The van der Waals surface area contributed by atoms with E-state index in [9.17, 15) is 0 Å². The second-order valence-corrected chi connectivity index (χ2v) is 7.17. The maximum Gasteiger partial charge on any atom is 0.0202 e. The highest BCUT2D eigenvalue weighted by atomic mass is 79.9. The van der Waals surface area contributed by atoms with Gasteiger partial charge in [0, 0.05) is 4.83 Å². The molecule has 0 aromatic carbocycles. The highest BCUT2D eigenvalue weighted by molar-refractivity contribution is 9.09. The van der Waals surface area contributed by atoms with E-state index in [-0.39, 0.29) is 0 Å². The van der Waals surface area contributed by atoms with Gasteiger partial charge in [0.25, 0.3) is 0 Å². The molecule has 13 heavy (non-hydrogen) atoms. The van der Waals surface area contributed by atoms with Crippen LogP contribution in [-0.2, 0) is 0 Å². The number of halogens is 1. The molecule has 1 spiro atoms. The van der Waals surface area contributed by atoms with Gasteiger partial charge >= 0.3 is 0 Å². The fourth-order valence-corrected chi connectivity index (χ4v) is 6.13. The first-order chi connectivity index (χ1) is 6.28. The fourth-order valence-electron chi connectivity index (χ4n) is 5.33. The lowest BCUT2D eigenvalue weighted by Crippen LogP contribution is -2.61. The van der Waals surface area contributed by atoms with Crippen molar-refractivity contribution in [3.05, 3.63) is 0 Å². The Morgan fingerprint density at radius 1 is 1.00 bits per heavy atom. The second-order valence-electron chi connectivity index (χ2n) is 6.11. The first-order valence-electron chi connectivity index (χ1n) is 5.93. The molecular weight excluding hydrogens is 224 g/mol. The van der Waals surface area contributed by atoms with Crippen LogP contribution < -0.4 is 0 Å². The van der Waals surface area contributed by atoms with Crippen LogP contribution >= 0.6 is 15.9 Å². The van der Waals surface area contributed by atoms with Crippen molar-refractivity contribution < 1.29 is 0 Å². The second kappa shape index (κ2) is 2.18. The van der Waals surface area contributed by atoms with Crippen molar-refractivity contribution in [1.29, 1.82) is 0 Å². The molecule has 0 heterocycles. The Bertz CT molecular complexity index is 244. The lowest BCUT2D eigenvalue weighted by molar-refractivity contribution is -0.165. The van der Waals surface area contributed by atoms with Gasteiger partial charge in [-0.25, -0.2) is 0 Å². The Hall–Kier alpha value is 0.480. The predicted octanol–water partition coefficient (Wildman–Crippen LogP) is 3.60. The molecule has 0 aromatic heterocycles. The molecule has 0 N–H and O–H groups in total. The molecule has 5 fully saturated rings. The molecule has 0 aromatic rings. The molecular formula is C12H17Br. The van der Waals surface area contributed by atoms with Gasteiger partial charge in [-0.05, 0) is 67.6 Å². The third-order valence-corrected chi connectivity index (χ3v) is 7.25. The standard InChI is InChI=1S/C12H17Br/c13-11-8-3-7-4-9(11)6-12(5-8)2-1-10(7)12/h7-11H,1-6H2. The maximum atomic E-state index is 3.95. The molecule has 72 valence electrons. The van der Waals surface area contributed by atoms with Gasteiger partial charge in [-0.3, -0.25) is 0 Å². The van der Waals surface area contributed by atoms with E-state index in [0.29, 0.717) is 0 Å². The van der Waals surface area contributed by atoms with Crippen LogP contribution in [0.25, 0.3) is 0 Å². The molecule has 0 saturated heterocycles. The van der Waals surface area contributed by atoms with E-state index >= 15 is 0 Å². The van der Waals surface area contributed by atoms with Crippen LogP contribution in [0.4, 0.5) is 0 Å². The van der Waals surface area contributed by atoms with E-state index in [2.05, 4.69) is 15.9 Å². The molecule has 3 unspecified atom stereocenters. The first-order valence-corrected chi connectivity index (χ1v) is 6.84. The SMILES string of the molecule is BrC1C2CC3CC1CC1(CCC31)C2. The third-order valence-electron chi connectivity index (χ3n) is 5.76. The summed E-state index contributed by atoms with van der Waals surface area (Å²) >= 11 is 3.95. The minimum atomic E-state index is 0.890. The summed E-state index contributed by atoms with van der Waals surface area (Å²) in [6.45, 7) is 0. The minimum Gasteiger partial charge on any atom is -0.0885 e. The maximum absolute atomic E-state index is 3.95. The topological polar surface area (TPSA) is 0 Å². The van der Waals surface area contributed by atoms with Gasteiger partial charge in [0.15, 0.2) is 0 Å². The average molecular weight is 241 g/mol. The summed E-state index contributed by atoms with van der Waals surface area (Å²) in [5.74, 6) is 4.46. The van der Waals surface area contributed by atoms with Crippen LogP contribution in [0.3, 0.4) is 0 Å². The van der Waals surface area contributed by atoms with Crippen LogP contribution in [0.1, 0.15) is 38.5 Å². The van der Waals surface area contributed by atoms with E-state index in [1.165, 1.54) is 5.92 Å². The van der Waals surface area contributed by atoms with Crippen molar-refractivity contribution in [1.82, 2.24) is 0 Å². The minimum absolute atomic E-state index is 0.890. The monoisotopic (exact) mass is 240 g/mol. The highest BCUT2D eigenvalue weighted by Crippen LogP contribution is 2.71. The molecule has 0 nitrogen and oxygen atoms in total. The molecule has 3 atom stereocenters. The summed E-state index contributed by atoms with van der Waals surface area (Å²) in [6, 6.07) is 0. The van der Waals surface area contributed by atoms with Crippen LogP contribution in [0.5, 0.6) is 0 Å². The van der Waals surface area contributed by atoms with Crippen molar-refractivity contribution in [3.8, 4) is 0 Å². The van der Waals surface area contributed by atoms with Gasteiger partial charge < -0.3 is 0 Å². The molecule has 4 bridgehead atoms. The van der Waals surface area contributed by atoms with E-state index in [1.807, 2.05) is 0 Å². The van der Waals surface area contributed by atoms with E-state index in [0.717, 1.165) is 28.0 Å². The van der Waals surface area contributed by atoms with E-state index in [4.69, 9.17) is 0 Å². The molecule has 5 aliphatic carbocycles. The van der Waals surface area contributed by atoms with Crippen molar-refractivity contribution in [2.75, 3.05) is 0 Å². The molecule has 0 amide bonds. The first kappa shape index (κ1) is 7.73. The van der Waals surface area contributed by atoms with Gasteiger partial charge in [0.1, 0.15) is 0 Å². The van der Waals surface area contributed by atoms with Crippen molar-refractivity contribution >= 4 is 15.9 Å². The molecule has 0 aliphatic heterocycles. The lowest BCUT2D eigenvalue weighted by Gasteiger charge is -2.68. The largest absolute Gasteiger partial charge is 0.0885 e. The lowest BCUT2D eigenvalue weighted by atomic mass is 9.38. The van der Waals surface area contributed by atoms with Gasteiger partial charge in [-0.15, -0.1) is 0 Å². The van der Waals surface area contributed by atoms with Crippen molar-refractivity contribution in [2.45, 2.75) is 43.4 Å². The van der Waals surface area contributed by atoms with Crippen molar-refractivity contribution in [3.63, 3.8) is 0 Å². The zero-order chi connectivity index (χ0) is 8.63. The summed E-state index contributed by atoms with van der Waals surface area (Å²) in [4.78, 5) is 0.899. The zero-order valence-corrected chi connectivity index (χ0v) is 9.59. The van der Waals surface area contributed by atoms with E-state index in [1.54, 1.807) is 38.5 Å². The summed E-state index contributed by atoms with van der Waals surface area (Å²) in [6.07, 6.45) is 9.47. The predicted molar refractivity (Wildman–Crippen MR) is 56.8 cm³/mol. The fraction of sp³-hybridized carbons (Fsp3) is 1.00. The summed E-state index contributed by atoms with van der Waals surface area (Å²) in [5, 5.41) is 0. The molecule has 5 rings (SSSR count). The van der Waals surface area contributed by atoms with Gasteiger partial charge in [0.05, 0.1) is 0 Å². The molecule has 5 aliphatic rings.